The molecule has 0 aliphatic carbocycles. The van der Waals surface area contributed by atoms with Gasteiger partial charge in [0.15, 0.2) is 0 Å². The first kappa shape index (κ1) is 14.1. The average Bonchev–Trinajstić information content (AvgIpc) is 2.79. The van der Waals surface area contributed by atoms with Crippen molar-refractivity contribution in [2.24, 2.45) is 14.1 Å². The van der Waals surface area contributed by atoms with Gasteiger partial charge in [0.05, 0.1) is 23.1 Å². The third kappa shape index (κ3) is 2.67. The molecule has 0 radical (unpaired) electrons. The van der Waals surface area contributed by atoms with Crippen LogP contribution < -0.4 is 5.32 Å². The maximum absolute atomic E-state index is 6.30. The summed E-state index contributed by atoms with van der Waals surface area (Å²) < 4.78 is 3.63. The molecule has 0 spiro atoms. The Labute approximate surface area is 118 Å². The summed E-state index contributed by atoms with van der Waals surface area (Å²) in [5.41, 5.74) is 4.24. The number of hydrogen-bond donors (Lipinski definition) is 1. The number of likely N-dealkylation sites (N-methyl/N-ethyl adjacent to an activating group) is 1. The zero-order valence-electron chi connectivity index (χ0n) is 12.0. The van der Waals surface area contributed by atoms with E-state index in [1.807, 2.05) is 39.7 Å². The first-order valence-electron chi connectivity index (χ1n) is 6.29. The van der Waals surface area contributed by atoms with Crippen molar-refractivity contribution < 1.29 is 0 Å². The zero-order valence-corrected chi connectivity index (χ0v) is 12.8. The SMILES string of the molecule is CNC(Cc1c(C)nn(C)c1Cl)c1cc(C)nn1C. The van der Waals surface area contributed by atoms with Gasteiger partial charge >= 0.3 is 0 Å². The van der Waals surface area contributed by atoms with Crippen LogP contribution in [0, 0.1) is 13.8 Å². The first-order chi connectivity index (χ1) is 8.93. The Kier molecular flexibility index (Phi) is 3.96. The number of aromatic nitrogens is 4. The van der Waals surface area contributed by atoms with Gasteiger partial charge in [-0.3, -0.25) is 9.36 Å². The zero-order chi connectivity index (χ0) is 14.2. The van der Waals surface area contributed by atoms with Crippen LogP contribution in [0.5, 0.6) is 0 Å². The largest absolute Gasteiger partial charge is 0.311 e. The summed E-state index contributed by atoms with van der Waals surface area (Å²) >= 11 is 6.30. The van der Waals surface area contributed by atoms with Gasteiger partial charge in [-0.2, -0.15) is 10.2 Å². The van der Waals surface area contributed by atoms with Gasteiger partial charge in [0, 0.05) is 19.7 Å². The molecule has 0 saturated heterocycles. The summed E-state index contributed by atoms with van der Waals surface area (Å²) in [5.74, 6) is 0. The number of rotatable bonds is 4. The van der Waals surface area contributed by atoms with E-state index in [0.717, 1.165) is 29.1 Å². The standard InChI is InChI=1S/C13H20ClN5/c1-8-6-12(18(4)16-8)11(15-3)7-10-9(2)17-19(5)13(10)14/h6,11,15H,7H2,1-5H3. The maximum atomic E-state index is 6.30. The number of hydrogen-bond acceptors (Lipinski definition) is 3. The van der Waals surface area contributed by atoms with E-state index in [1.54, 1.807) is 4.68 Å². The summed E-state index contributed by atoms with van der Waals surface area (Å²) in [6.45, 7) is 3.99. The minimum absolute atomic E-state index is 0.173. The molecule has 104 valence electrons. The van der Waals surface area contributed by atoms with Crippen LogP contribution in [0.2, 0.25) is 5.15 Å². The molecule has 0 aromatic carbocycles. The third-order valence-electron chi connectivity index (χ3n) is 3.42. The van der Waals surface area contributed by atoms with Gasteiger partial charge in [-0.05, 0) is 33.4 Å². The average molecular weight is 282 g/mol. The number of nitrogens with one attached hydrogen (secondary N) is 1. The minimum atomic E-state index is 0.173. The molecule has 2 rings (SSSR count). The number of nitrogens with zero attached hydrogens (tertiary/aromatic N) is 4. The van der Waals surface area contributed by atoms with Crippen LogP contribution in [0.25, 0.3) is 0 Å². The molecule has 0 fully saturated rings. The maximum Gasteiger partial charge on any atom is 0.130 e. The van der Waals surface area contributed by atoms with Crippen LogP contribution in [-0.2, 0) is 20.5 Å². The molecule has 19 heavy (non-hydrogen) atoms. The molecule has 2 aromatic rings. The second kappa shape index (κ2) is 5.35. The highest BCUT2D eigenvalue weighted by atomic mass is 35.5. The fourth-order valence-electron chi connectivity index (χ4n) is 2.42. The second-order valence-electron chi connectivity index (χ2n) is 4.86. The molecule has 2 heterocycles. The van der Waals surface area contributed by atoms with Gasteiger partial charge < -0.3 is 5.32 Å². The molecule has 0 aliphatic heterocycles. The molecule has 2 aromatic heterocycles. The Hall–Kier alpha value is -1.33. The summed E-state index contributed by atoms with van der Waals surface area (Å²) in [4.78, 5) is 0. The molecular weight excluding hydrogens is 262 g/mol. The van der Waals surface area contributed by atoms with Gasteiger partial charge in [-0.15, -0.1) is 0 Å². The minimum Gasteiger partial charge on any atom is -0.311 e. The lowest BCUT2D eigenvalue weighted by Gasteiger charge is -2.16. The van der Waals surface area contributed by atoms with Crippen molar-refractivity contribution in [3.8, 4) is 0 Å². The van der Waals surface area contributed by atoms with E-state index in [-0.39, 0.29) is 6.04 Å². The molecule has 1 atom stereocenters. The lowest BCUT2D eigenvalue weighted by atomic mass is 10.0. The molecule has 6 heteroatoms. The Balaban J connectivity index is 2.31. The van der Waals surface area contributed by atoms with Gasteiger partial charge in [0.25, 0.3) is 0 Å². The quantitative estimate of drug-likeness (QED) is 0.931. The highest BCUT2D eigenvalue weighted by Crippen LogP contribution is 2.25. The predicted molar refractivity (Wildman–Crippen MR) is 76.4 cm³/mol. The van der Waals surface area contributed by atoms with Gasteiger partial charge in [-0.25, -0.2) is 0 Å². The third-order valence-corrected chi connectivity index (χ3v) is 3.89. The lowest BCUT2D eigenvalue weighted by molar-refractivity contribution is 0.536. The van der Waals surface area contributed by atoms with E-state index in [1.165, 1.54) is 0 Å². The molecule has 1 N–H and O–H groups in total. The van der Waals surface area contributed by atoms with Crippen LogP contribution in [-0.4, -0.2) is 26.6 Å². The first-order valence-corrected chi connectivity index (χ1v) is 6.67. The Bertz CT molecular complexity index is 584. The van der Waals surface area contributed by atoms with Crippen LogP contribution in [0.4, 0.5) is 0 Å². The van der Waals surface area contributed by atoms with Crippen molar-refractivity contribution in [1.29, 1.82) is 0 Å². The highest BCUT2D eigenvalue weighted by Gasteiger charge is 2.20. The molecule has 1 unspecified atom stereocenters. The van der Waals surface area contributed by atoms with Crippen molar-refractivity contribution >= 4 is 11.6 Å². The fourth-order valence-corrected chi connectivity index (χ4v) is 2.67. The highest BCUT2D eigenvalue weighted by molar-refractivity contribution is 6.30. The Morgan fingerprint density at radius 3 is 2.37 bits per heavy atom. The van der Waals surface area contributed by atoms with Crippen molar-refractivity contribution in [2.45, 2.75) is 26.3 Å². The summed E-state index contributed by atoms with van der Waals surface area (Å²) in [7, 11) is 5.78. The van der Waals surface area contributed by atoms with Crippen LogP contribution in [0.3, 0.4) is 0 Å². The van der Waals surface area contributed by atoms with Crippen LogP contribution in [0.15, 0.2) is 6.07 Å². The van der Waals surface area contributed by atoms with Gasteiger partial charge in [-0.1, -0.05) is 11.6 Å². The van der Waals surface area contributed by atoms with Crippen LogP contribution in [0.1, 0.15) is 28.7 Å². The van der Waals surface area contributed by atoms with Gasteiger partial charge in [0.1, 0.15) is 5.15 Å². The van der Waals surface area contributed by atoms with E-state index in [9.17, 15) is 0 Å². The fraction of sp³-hybridized carbons (Fsp3) is 0.538. The molecule has 0 aliphatic rings. The number of halogens is 1. The van der Waals surface area contributed by atoms with Crippen molar-refractivity contribution in [2.75, 3.05) is 7.05 Å². The molecule has 0 bridgehead atoms. The molecular formula is C13H20ClN5. The normalized spacial score (nSPS) is 12.9. The summed E-state index contributed by atoms with van der Waals surface area (Å²) in [6, 6.07) is 2.27. The van der Waals surface area contributed by atoms with Crippen LogP contribution >= 0.6 is 11.6 Å². The molecule has 5 nitrogen and oxygen atoms in total. The monoisotopic (exact) mass is 281 g/mol. The van der Waals surface area contributed by atoms with E-state index >= 15 is 0 Å². The lowest BCUT2D eigenvalue weighted by Crippen LogP contribution is -2.22. The van der Waals surface area contributed by atoms with Crippen molar-refractivity contribution in [3.05, 3.63) is 33.9 Å². The summed E-state index contributed by atoms with van der Waals surface area (Å²) in [5, 5.41) is 12.8. The Morgan fingerprint density at radius 1 is 1.26 bits per heavy atom. The van der Waals surface area contributed by atoms with Crippen molar-refractivity contribution in [3.63, 3.8) is 0 Å². The smallest absolute Gasteiger partial charge is 0.130 e. The number of aryl methyl sites for hydroxylation is 4. The molecule has 0 amide bonds. The van der Waals surface area contributed by atoms with E-state index < -0.39 is 0 Å². The molecule has 0 saturated carbocycles. The van der Waals surface area contributed by atoms with E-state index in [0.29, 0.717) is 5.15 Å². The van der Waals surface area contributed by atoms with Gasteiger partial charge in [0.2, 0.25) is 0 Å². The second-order valence-corrected chi connectivity index (χ2v) is 5.22. The van der Waals surface area contributed by atoms with E-state index in [2.05, 4.69) is 21.6 Å². The van der Waals surface area contributed by atoms with Crippen molar-refractivity contribution in [1.82, 2.24) is 24.9 Å². The summed E-state index contributed by atoms with van der Waals surface area (Å²) in [6.07, 6.45) is 0.800. The topological polar surface area (TPSA) is 47.7 Å². The predicted octanol–water partition coefficient (Wildman–Crippen LogP) is 1.93. The Morgan fingerprint density at radius 2 is 1.95 bits per heavy atom. The van der Waals surface area contributed by atoms with E-state index in [4.69, 9.17) is 11.6 Å².